The molecule has 1 amide bonds. The third kappa shape index (κ3) is 4.49. The van der Waals surface area contributed by atoms with Gasteiger partial charge >= 0.3 is 6.09 Å². The lowest BCUT2D eigenvalue weighted by Crippen LogP contribution is -2.28. The Kier molecular flexibility index (Phi) is 4.15. The van der Waals surface area contributed by atoms with Crippen molar-refractivity contribution in [1.82, 2.24) is 15.1 Å². The van der Waals surface area contributed by atoms with Gasteiger partial charge in [-0.05, 0) is 19.9 Å². The van der Waals surface area contributed by atoms with Crippen LogP contribution in [0, 0.1) is 0 Å². The Morgan fingerprint density at radius 2 is 2.40 bits per heavy atom. The van der Waals surface area contributed by atoms with Gasteiger partial charge in [-0.2, -0.15) is 5.10 Å². The molecule has 84 valence electrons. The van der Waals surface area contributed by atoms with E-state index in [-0.39, 0.29) is 12.2 Å². The Bertz CT molecular complexity index is 320. The van der Waals surface area contributed by atoms with E-state index in [1.54, 1.807) is 4.68 Å². The van der Waals surface area contributed by atoms with E-state index >= 15 is 0 Å². The van der Waals surface area contributed by atoms with Crippen molar-refractivity contribution in [2.45, 2.75) is 26.4 Å². The van der Waals surface area contributed by atoms with Gasteiger partial charge in [0.15, 0.2) is 0 Å². The van der Waals surface area contributed by atoms with Crippen LogP contribution < -0.4 is 5.32 Å². The third-order valence-corrected chi connectivity index (χ3v) is 1.76. The molecule has 5 nitrogen and oxygen atoms in total. The van der Waals surface area contributed by atoms with Crippen LogP contribution in [0.3, 0.4) is 0 Å². The summed E-state index contributed by atoms with van der Waals surface area (Å²) >= 11 is 0. The summed E-state index contributed by atoms with van der Waals surface area (Å²) in [6, 6.07) is 1.93. The van der Waals surface area contributed by atoms with Gasteiger partial charge in [0.2, 0.25) is 0 Å². The van der Waals surface area contributed by atoms with Crippen molar-refractivity contribution in [3.63, 3.8) is 0 Å². The first-order chi connectivity index (χ1) is 7.08. The maximum atomic E-state index is 11.1. The van der Waals surface area contributed by atoms with Gasteiger partial charge in [0.25, 0.3) is 0 Å². The highest BCUT2D eigenvalue weighted by Gasteiger charge is 2.04. The number of hydrogen-bond acceptors (Lipinski definition) is 3. The van der Waals surface area contributed by atoms with Crippen LogP contribution in [0.2, 0.25) is 0 Å². The second kappa shape index (κ2) is 5.38. The van der Waals surface area contributed by atoms with Crippen LogP contribution in [-0.2, 0) is 18.2 Å². The minimum Gasteiger partial charge on any atom is -0.447 e. The van der Waals surface area contributed by atoms with Gasteiger partial charge < -0.3 is 10.1 Å². The second-order valence-electron chi connectivity index (χ2n) is 3.61. The number of alkyl carbamates (subject to hydrolysis) is 1. The van der Waals surface area contributed by atoms with Crippen LogP contribution >= 0.6 is 0 Å². The molecule has 5 heteroatoms. The highest BCUT2D eigenvalue weighted by atomic mass is 16.6. The first-order valence-electron chi connectivity index (χ1n) is 5.01. The summed E-state index contributed by atoms with van der Waals surface area (Å²) < 4.78 is 6.66. The summed E-state index contributed by atoms with van der Waals surface area (Å²) in [5.74, 6) is 0. The first-order valence-corrected chi connectivity index (χ1v) is 5.01. The molecule has 0 aliphatic heterocycles. The van der Waals surface area contributed by atoms with Crippen LogP contribution in [0.1, 0.15) is 19.5 Å². The van der Waals surface area contributed by atoms with Gasteiger partial charge in [0, 0.05) is 26.2 Å². The van der Waals surface area contributed by atoms with Crippen molar-refractivity contribution in [3.8, 4) is 0 Å². The third-order valence-electron chi connectivity index (χ3n) is 1.76. The Balaban J connectivity index is 2.19. The minimum absolute atomic E-state index is 0.0835. The fourth-order valence-corrected chi connectivity index (χ4v) is 1.14. The van der Waals surface area contributed by atoms with Crippen molar-refractivity contribution >= 4 is 6.09 Å². The van der Waals surface area contributed by atoms with E-state index in [2.05, 4.69) is 10.4 Å². The predicted molar refractivity (Wildman–Crippen MR) is 56.5 cm³/mol. The molecule has 0 atom stereocenters. The average molecular weight is 211 g/mol. The topological polar surface area (TPSA) is 56.1 Å². The zero-order valence-electron chi connectivity index (χ0n) is 9.36. The lowest BCUT2D eigenvalue weighted by Gasteiger charge is -2.08. The number of rotatable bonds is 4. The molecular weight excluding hydrogens is 194 g/mol. The summed E-state index contributed by atoms with van der Waals surface area (Å²) in [4.78, 5) is 11.1. The molecule has 1 N–H and O–H groups in total. The van der Waals surface area contributed by atoms with Crippen molar-refractivity contribution < 1.29 is 9.53 Å². The molecule has 15 heavy (non-hydrogen) atoms. The van der Waals surface area contributed by atoms with E-state index in [9.17, 15) is 4.79 Å². The van der Waals surface area contributed by atoms with Gasteiger partial charge in [0.05, 0.1) is 11.8 Å². The molecule has 1 heterocycles. The van der Waals surface area contributed by atoms with E-state index in [1.807, 2.05) is 33.2 Å². The molecule has 0 saturated carbocycles. The Morgan fingerprint density at radius 3 is 2.93 bits per heavy atom. The molecule has 0 aromatic carbocycles. The van der Waals surface area contributed by atoms with Crippen molar-refractivity contribution in [3.05, 3.63) is 18.0 Å². The van der Waals surface area contributed by atoms with Gasteiger partial charge in [-0.1, -0.05) is 0 Å². The van der Waals surface area contributed by atoms with Crippen molar-refractivity contribution in [2.24, 2.45) is 7.05 Å². The molecule has 0 spiro atoms. The second-order valence-corrected chi connectivity index (χ2v) is 3.61. The van der Waals surface area contributed by atoms with E-state index in [0.717, 1.165) is 5.69 Å². The van der Waals surface area contributed by atoms with E-state index in [4.69, 9.17) is 4.74 Å². The lowest BCUT2D eigenvalue weighted by atomic mass is 10.3. The number of nitrogens with one attached hydrogen (secondary N) is 1. The molecule has 0 aliphatic carbocycles. The highest BCUT2D eigenvalue weighted by Crippen LogP contribution is 1.94. The number of ether oxygens (including phenoxy) is 1. The van der Waals surface area contributed by atoms with Gasteiger partial charge in [-0.25, -0.2) is 4.79 Å². The monoisotopic (exact) mass is 211 g/mol. The molecule has 0 unspecified atom stereocenters. The van der Waals surface area contributed by atoms with E-state index < -0.39 is 0 Å². The van der Waals surface area contributed by atoms with Crippen LogP contribution in [-0.4, -0.2) is 28.5 Å². The molecule has 0 fully saturated rings. The SMILES string of the molecule is CC(C)OC(=O)NCCc1ccn(C)n1. The van der Waals surface area contributed by atoms with Gasteiger partial charge in [-0.3, -0.25) is 4.68 Å². The van der Waals surface area contributed by atoms with Crippen molar-refractivity contribution in [1.29, 1.82) is 0 Å². The van der Waals surface area contributed by atoms with E-state index in [1.165, 1.54) is 0 Å². The Hall–Kier alpha value is -1.52. The number of hydrogen-bond donors (Lipinski definition) is 1. The first kappa shape index (κ1) is 11.6. The molecule has 0 aliphatic rings. The fraction of sp³-hybridized carbons (Fsp3) is 0.600. The molecule has 1 aromatic heterocycles. The number of aromatic nitrogens is 2. The van der Waals surface area contributed by atoms with Crippen LogP contribution in [0.25, 0.3) is 0 Å². The molecular formula is C10H17N3O2. The number of aryl methyl sites for hydroxylation is 1. The summed E-state index contributed by atoms with van der Waals surface area (Å²) in [6.45, 7) is 4.18. The smallest absolute Gasteiger partial charge is 0.407 e. The van der Waals surface area contributed by atoms with Crippen LogP contribution in [0.5, 0.6) is 0 Å². The average Bonchev–Trinajstić information content (AvgIpc) is 2.50. The maximum absolute atomic E-state index is 11.1. The zero-order valence-corrected chi connectivity index (χ0v) is 9.36. The molecule has 1 aromatic rings. The number of carbonyl (C=O) groups excluding carboxylic acids is 1. The number of carbonyl (C=O) groups is 1. The fourth-order valence-electron chi connectivity index (χ4n) is 1.14. The van der Waals surface area contributed by atoms with E-state index in [0.29, 0.717) is 13.0 Å². The maximum Gasteiger partial charge on any atom is 0.407 e. The summed E-state index contributed by atoms with van der Waals surface area (Å²) in [7, 11) is 1.87. The summed E-state index contributed by atoms with van der Waals surface area (Å²) in [5.41, 5.74) is 0.961. The molecule has 1 rings (SSSR count). The largest absolute Gasteiger partial charge is 0.447 e. The lowest BCUT2D eigenvalue weighted by molar-refractivity contribution is 0.116. The standard InChI is InChI=1S/C10H17N3O2/c1-8(2)15-10(14)11-6-4-9-5-7-13(3)12-9/h5,7-8H,4,6H2,1-3H3,(H,11,14). The molecule has 0 bridgehead atoms. The number of nitrogens with zero attached hydrogens (tertiary/aromatic N) is 2. The predicted octanol–water partition coefficient (Wildman–Crippen LogP) is 1.10. The van der Waals surface area contributed by atoms with Gasteiger partial charge in [0.1, 0.15) is 0 Å². The number of amides is 1. The van der Waals surface area contributed by atoms with Gasteiger partial charge in [-0.15, -0.1) is 0 Å². The van der Waals surface area contributed by atoms with Crippen LogP contribution in [0.4, 0.5) is 4.79 Å². The highest BCUT2D eigenvalue weighted by molar-refractivity contribution is 5.67. The Morgan fingerprint density at radius 1 is 1.67 bits per heavy atom. The molecule has 0 saturated heterocycles. The Labute approximate surface area is 89.4 Å². The normalized spacial score (nSPS) is 10.4. The van der Waals surface area contributed by atoms with Crippen molar-refractivity contribution in [2.75, 3.05) is 6.54 Å². The van der Waals surface area contributed by atoms with Crippen LogP contribution in [0.15, 0.2) is 12.3 Å². The summed E-state index contributed by atoms with van der Waals surface area (Å²) in [6.07, 6.45) is 2.14. The summed E-state index contributed by atoms with van der Waals surface area (Å²) in [5, 5.41) is 6.85. The zero-order chi connectivity index (χ0) is 11.3. The minimum atomic E-state index is -0.374. The quantitative estimate of drug-likeness (QED) is 0.811. The molecule has 0 radical (unpaired) electrons.